The number of hydrogen-bond acceptors (Lipinski definition) is 7. The van der Waals surface area contributed by atoms with E-state index in [1.54, 1.807) is 13.0 Å². The Morgan fingerprint density at radius 3 is 2.36 bits per heavy atom. The van der Waals surface area contributed by atoms with Crippen molar-refractivity contribution in [3.05, 3.63) is 71.8 Å². The fraction of sp³-hybridized carbons (Fsp3) is 0.308. The van der Waals surface area contributed by atoms with Gasteiger partial charge in [-0.05, 0) is 69.0 Å². The number of rotatable bonds is 12. The van der Waals surface area contributed by atoms with Gasteiger partial charge in [-0.3, -0.25) is 9.44 Å². The fourth-order valence-electron chi connectivity index (χ4n) is 3.97. The standard InChI is InChI=1S/C26H29F2N3O6S2/c1-3-38(33,34)30-19-5-4-6-20(16-19)37-24-15-18(27)14-23(29-22-8-7-17(2)13-21(22)28)25(24)31-39(35,36)26(9-10-26)11-12-32/h4-8,13-16,29-32H,3,9-12H2,1-2H3. The normalized spacial score (nSPS) is 14.5. The van der Waals surface area contributed by atoms with Crippen molar-refractivity contribution in [2.24, 2.45) is 0 Å². The molecule has 0 spiro atoms. The molecule has 1 aliphatic rings. The van der Waals surface area contributed by atoms with Crippen molar-refractivity contribution < 1.29 is 35.5 Å². The lowest BCUT2D eigenvalue weighted by Gasteiger charge is -2.22. The van der Waals surface area contributed by atoms with E-state index in [9.17, 15) is 30.7 Å². The largest absolute Gasteiger partial charge is 0.455 e. The molecule has 3 aromatic carbocycles. The lowest BCUT2D eigenvalue weighted by atomic mass is 10.2. The summed E-state index contributed by atoms with van der Waals surface area (Å²) in [6.45, 7) is 2.84. The van der Waals surface area contributed by atoms with Crippen LogP contribution in [0.15, 0.2) is 54.6 Å². The van der Waals surface area contributed by atoms with Gasteiger partial charge < -0.3 is 15.2 Å². The maximum Gasteiger partial charge on any atom is 0.238 e. The zero-order valence-electron chi connectivity index (χ0n) is 21.3. The minimum Gasteiger partial charge on any atom is -0.455 e. The molecule has 3 aromatic rings. The van der Waals surface area contributed by atoms with E-state index in [0.29, 0.717) is 18.4 Å². The zero-order valence-corrected chi connectivity index (χ0v) is 22.9. The van der Waals surface area contributed by atoms with E-state index in [2.05, 4.69) is 14.8 Å². The molecule has 0 bridgehead atoms. The molecule has 0 radical (unpaired) electrons. The van der Waals surface area contributed by atoms with Gasteiger partial charge in [-0.1, -0.05) is 12.1 Å². The smallest absolute Gasteiger partial charge is 0.238 e. The minimum atomic E-state index is -4.10. The Bertz CT molecular complexity index is 1590. The van der Waals surface area contributed by atoms with E-state index in [0.717, 1.165) is 12.1 Å². The number of nitrogens with one attached hydrogen (secondary N) is 3. The Morgan fingerprint density at radius 1 is 0.974 bits per heavy atom. The quantitative estimate of drug-likeness (QED) is 0.230. The predicted molar refractivity (Wildman–Crippen MR) is 147 cm³/mol. The van der Waals surface area contributed by atoms with Crippen LogP contribution in [-0.2, 0) is 20.0 Å². The second-order valence-electron chi connectivity index (χ2n) is 9.33. The summed E-state index contributed by atoms with van der Waals surface area (Å²) in [5.41, 5.74) is 0.525. The number of aliphatic hydroxyl groups is 1. The highest BCUT2D eigenvalue weighted by Crippen LogP contribution is 2.49. The molecule has 4 N–H and O–H groups in total. The summed E-state index contributed by atoms with van der Waals surface area (Å²) >= 11 is 0. The Morgan fingerprint density at radius 2 is 1.72 bits per heavy atom. The van der Waals surface area contributed by atoms with Crippen LogP contribution in [0.4, 0.5) is 31.5 Å². The summed E-state index contributed by atoms with van der Waals surface area (Å²) in [6, 6.07) is 12.1. The van der Waals surface area contributed by atoms with Crippen molar-refractivity contribution in [3.63, 3.8) is 0 Å². The first-order valence-electron chi connectivity index (χ1n) is 12.2. The summed E-state index contributed by atoms with van der Waals surface area (Å²) in [6.07, 6.45) is 0.666. The average Bonchev–Trinajstić information content (AvgIpc) is 3.65. The predicted octanol–water partition coefficient (Wildman–Crippen LogP) is 5.23. The van der Waals surface area contributed by atoms with Crippen LogP contribution < -0.4 is 19.5 Å². The van der Waals surface area contributed by atoms with Gasteiger partial charge in [0.15, 0.2) is 5.75 Å². The molecule has 1 fully saturated rings. The molecule has 13 heteroatoms. The van der Waals surface area contributed by atoms with Crippen LogP contribution in [-0.4, -0.2) is 39.0 Å². The second kappa shape index (κ2) is 11.0. The summed E-state index contributed by atoms with van der Waals surface area (Å²) in [5.74, 6) is -1.76. The molecule has 9 nitrogen and oxygen atoms in total. The summed E-state index contributed by atoms with van der Waals surface area (Å²) < 4.78 is 89.7. The van der Waals surface area contributed by atoms with Crippen LogP contribution >= 0.6 is 0 Å². The van der Waals surface area contributed by atoms with Crippen molar-refractivity contribution in [1.29, 1.82) is 0 Å². The van der Waals surface area contributed by atoms with Crippen LogP contribution in [0.5, 0.6) is 11.5 Å². The molecule has 0 amide bonds. The van der Waals surface area contributed by atoms with Crippen molar-refractivity contribution >= 4 is 42.8 Å². The Balaban J connectivity index is 1.78. The Labute approximate surface area is 226 Å². The molecule has 0 atom stereocenters. The average molecular weight is 582 g/mol. The SMILES string of the molecule is CCS(=O)(=O)Nc1cccc(Oc2cc(F)cc(Nc3ccc(C)cc3F)c2NS(=O)(=O)C2(CCO)CC2)c1. The van der Waals surface area contributed by atoms with E-state index in [1.807, 2.05) is 0 Å². The lowest BCUT2D eigenvalue weighted by molar-refractivity contribution is 0.283. The highest BCUT2D eigenvalue weighted by molar-refractivity contribution is 7.94. The molecule has 39 heavy (non-hydrogen) atoms. The number of benzene rings is 3. The molecule has 0 aliphatic heterocycles. The third-order valence-corrected chi connectivity index (χ3v) is 9.89. The van der Waals surface area contributed by atoms with Crippen LogP contribution in [0, 0.1) is 18.6 Å². The van der Waals surface area contributed by atoms with Crippen LogP contribution in [0.1, 0.15) is 31.7 Å². The number of hydrogen-bond donors (Lipinski definition) is 4. The maximum atomic E-state index is 14.8. The molecule has 0 unspecified atom stereocenters. The maximum absolute atomic E-state index is 14.8. The monoisotopic (exact) mass is 581 g/mol. The molecule has 1 aliphatic carbocycles. The highest BCUT2D eigenvalue weighted by Gasteiger charge is 2.54. The lowest BCUT2D eigenvalue weighted by Crippen LogP contribution is -2.31. The molecular formula is C26H29F2N3O6S2. The minimum absolute atomic E-state index is 0.00862. The molecule has 210 valence electrons. The zero-order chi connectivity index (χ0) is 28.4. The van der Waals surface area contributed by atoms with Gasteiger partial charge >= 0.3 is 0 Å². The molecule has 0 heterocycles. The fourth-order valence-corrected chi connectivity index (χ4v) is 6.30. The van der Waals surface area contributed by atoms with Gasteiger partial charge in [0.2, 0.25) is 20.0 Å². The highest BCUT2D eigenvalue weighted by atomic mass is 32.2. The Kier molecular flexibility index (Phi) is 8.05. The first-order valence-corrected chi connectivity index (χ1v) is 15.3. The Hall–Kier alpha value is -3.42. The van der Waals surface area contributed by atoms with Crippen LogP contribution in [0.25, 0.3) is 0 Å². The van der Waals surface area contributed by atoms with Gasteiger partial charge in [-0.25, -0.2) is 25.6 Å². The van der Waals surface area contributed by atoms with Crippen molar-refractivity contribution in [3.8, 4) is 11.5 Å². The summed E-state index contributed by atoms with van der Waals surface area (Å²) in [4.78, 5) is 0. The summed E-state index contributed by atoms with van der Waals surface area (Å²) in [7, 11) is -7.68. The van der Waals surface area contributed by atoms with Crippen LogP contribution in [0.2, 0.25) is 0 Å². The van der Waals surface area contributed by atoms with Crippen molar-refractivity contribution in [2.45, 2.75) is 37.9 Å². The van der Waals surface area contributed by atoms with Crippen LogP contribution in [0.3, 0.4) is 0 Å². The van der Waals surface area contributed by atoms with E-state index in [4.69, 9.17) is 4.74 Å². The van der Waals surface area contributed by atoms with Gasteiger partial charge in [0.1, 0.15) is 23.1 Å². The third kappa shape index (κ3) is 6.60. The molecular weight excluding hydrogens is 552 g/mol. The number of halogens is 2. The molecule has 0 saturated heterocycles. The van der Waals surface area contributed by atoms with E-state index in [1.165, 1.54) is 43.3 Å². The first kappa shape index (κ1) is 28.6. The number of ether oxygens (including phenoxy) is 1. The van der Waals surface area contributed by atoms with Crippen molar-refractivity contribution in [2.75, 3.05) is 27.1 Å². The van der Waals surface area contributed by atoms with Gasteiger partial charge in [0.25, 0.3) is 0 Å². The van der Waals surface area contributed by atoms with Gasteiger partial charge in [0.05, 0.1) is 27.6 Å². The van der Waals surface area contributed by atoms with E-state index >= 15 is 0 Å². The van der Waals surface area contributed by atoms with Crippen molar-refractivity contribution in [1.82, 2.24) is 0 Å². The second-order valence-corrected chi connectivity index (χ2v) is 13.4. The number of aryl methyl sites for hydroxylation is 1. The van der Waals surface area contributed by atoms with E-state index < -0.39 is 36.4 Å². The molecule has 4 rings (SSSR count). The topological polar surface area (TPSA) is 134 Å². The molecule has 1 saturated carbocycles. The number of anilines is 4. The molecule has 0 aromatic heterocycles. The first-order chi connectivity index (χ1) is 18.4. The van der Waals surface area contributed by atoms with E-state index in [-0.39, 0.29) is 53.0 Å². The number of aliphatic hydroxyl groups excluding tert-OH is 1. The number of sulfonamides is 2. The van der Waals surface area contributed by atoms with Gasteiger partial charge in [-0.2, -0.15) is 0 Å². The van der Waals surface area contributed by atoms with Gasteiger partial charge in [-0.15, -0.1) is 0 Å². The third-order valence-electron chi connectivity index (χ3n) is 6.36. The summed E-state index contributed by atoms with van der Waals surface area (Å²) in [5, 5.41) is 12.2. The van der Waals surface area contributed by atoms with Gasteiger partial charge in [0, 0.05) is 18.7 Å².